The number of anilines is 2. The molecule has 2 fully saturated rings. The van der Waals surface area contributed by atoms with Crippen LogP contribution >= 0.6 is 11.3 Å². The van der Waals surface area contributed by atoms with Gasteiger partial charge in [0.2, 0.25) is 0 Å². The Kier molecular flexibility index (Phi) is 4.61. The molecule has 0 aromatic carbocycles. The third-order valence-electron chi connectivity index (χ3n) is 5.05. The highest BCUT2D eigenvalue weighted by atomic mass is 32.1. The second-order valence-corrected chi connectivity index (χ2v) is 7.73. The van der Waals surface area contributed by atoms with Gasteiger partial charge in [0.1, 0.15) is 0 Å². The maximum atomic E-state index is 12.6. The van der Waals surface area contributed by atoms with Gasteiger partial charge in [0.15, 0.2) is 5.13 Å². The number of urea groups is 1. The predicted octanol–water partition coefficient (Wildman–Crippen LogP) is 3.05. The first kappa shape index (κ1) is 16.4. The van der Waals surface area contributed by atoms with Crippen LogP contribution in [-0.2, 0) is 0 Å². The van der Waals surface area contributed by atoms with Crippen LogP contribution in [0.4, 0.5) is 15.6 Å². The molecular formula is C17H24N6OS. The molecule has 0 radical (unpaired) electrons. The van der Waals surface area contributed by atoms with Crippen molar-refractivity contribution in [3.8, 4) is 0 Å². The van der Waals surface area contributed by atoms with Crippen molar-refractivity contribution in [2.24, 2.45) is 5.92 Å². The number of aromatic nitrogens is 3. The van der Waals surface area contributed by atoms with Crippen molar-refractivity contribution in [1.82, 2.24) is 19.7 Å². The van der Waals surface area contributed by atoms with Crippen LogP contribution in [0.5, 0.6) is 0 Å². The molecule has 1 atom stereocenters. The molecule has 1 saturated carbocycles. The van der Waals surface area contributed by atoms with E-state index in [0.29, 0.717) is 12.6 Å². The summed E-state index contributed by atoms with van der Waals surface area (Å²) >= 11 is 1.65. The molecule has 2 aromatic heterocycles. The number of hydrogen-bond acceptors (Lipinski definition) is 5. The van der Waals surface area contributed by atoms with Crippen molar-refractivity contribution in [2.45, 2.75) is 32.2 Å². The zero-order valence-corrected chi connectivity index (χ0v) is 15.3. The minimum atomic E-state index is -0.0420. The Morgan fingerprint density at radius 1 is 1.32 bits per heavy atom. The van der Waals surface area contributed by atoms with Gasteiger partial charge in [-0.05, 0) is 32.1 Å². The van der Waals surface area contributed by atoms with E-state index in [-0.39, 0.29) is 6.03 Å². The van der Waals surface area contributed by atoms with Crippen LogP contribution in [-0.4, -0.2) is 51.9 Å². The van der Waals surface area contributed by atoms with Gasteiger partial charge >= 0.3 is 6.03 Å². The summed E-state index contributed by atoms with van der Waals surface area (Å²) in [5, 5.41) is 10.4. The molecule has 1 saturated heterocycles. The van der Waals surface area contributed by atoms with Crippen molar-refractivity contribution in [3.05, 3.63) is 24.0 Å². The van der Waals surface area contributed by atoms with E-state index in [9.17, 15) is 4.79 Å². The van der Waals surface area contributed by atoms with Crippen LogP contribution in [0, 0.1) is 5.92 Å². The smallest absolute Gasteiger partial charge is 0.321 e. The highest BCUT2D eigenvalue weighted by Gasteiger charge is 2.29. The summed E-state index contributed by atoms with van der Waals surface area (Å²) in [4.78, 5) is 21.1. The Hall–Kier alpha value is -2.09. The molecule has 1 N–H and O–H groups in total. The van der Waals surface area contributed by atoms with E-state index in [2.05, 4.69) is 27.2 Å². The van der Waals surface area contributed by atoms with Crippen LogP contribution in [0.15, 0.2) is 24.0 Å². The zero-order chi connectivity index (χ0) is 17.2. The number of carbonyl (C=O) groups is 1. The van der Waals surface area contributed by atoms with Crippen molar-refractivity contribution in [2.75, 3.05) is 36.4 Å². The van der Waals surface area contributed by atoms with Crippen molar-refractivity contribution >= 4 is 28.2 Å². The van der Waals surface area contributed by atoms with Crippen molar-refractivity contribution in [3.63, 3.8) is 0 Å². The zero-order valence-electron chi connectivity index (χ0n) is 14.5. The fraction of sp³-hybridized carbons (Fsp3) is 0.588. The molecule has 0 bridgehead atoms. The van der Waals surface area contributed by atoms with Gasteiger partial charge in [-0.1, -0.05) is 0 Å². The van der Waals surface area contributed by atoms with Crippen LogP contribution in [0.2, 0.25) is 0 Å². The Balaban J connectivity index is 1.33. The van der Waals surface area contributed by atoms with Gasteiger partial charge in [0, 0.05) is 44.0 Å². The largest absolute Gasteiger partial charge is 0.346 e. The van der Waals surface area contributed by atoms with Crippen LogP contribution in [0.25, 0.3) is 0 Å². The molecule has 2 aromatic rings. The molecule has 2 amide bonds. The Morgan fingerprint density at radius 3 is 2.96 bits per heavy atom. The van der Waals surface area contributed by atoms with E-state index in [1.54, 1.807) is 17.5 Å². The molecule has 7 nitrogen and oxygen atoms in total. The molecule has 25 heavy (non-hydrogen) atoms. The summed E-state index contributed by atoms with van der Waals surface area (Å²) in [6.07, 6.45) is 9.04. The summed E-state index contributed by atoms with van der Waals surface area (Å²) in [6, 6.07) is 0.371. The third-order valence-corrected chi connectivity index (χ3v) is 5.88. The molecule has 2 aliphatic rings. The van der Waals surface area contributed by atoms with Crippen LogP contribution in [0.1, 0.15) is 32.2 Å². The average Bonchev–Trinajstić information content (AvgIpc) is 3.22. The maximum absolute atomic E-state index is 12.6. The van der Waals surface area contributed by atoms with Crippen LogP contribution in [0.3, 0.4) is 0 Å². The SMILES string of the molecule is CC(C1CC1)n1cc(NC(=O)N2CCCN(c3nccs3)CC2)cn1. The van der Waals surface area contributed by atoms with Gasteiger partial charge in [-0.15, -0.1) is 11.3 Å². The summed E-state index contributed by atoms with van der Waals surface area (Å²) in [5.74, 6) is 0.742. The lowest BCUT2D eigenvalue weighted by Crippen LogP contribution is -2.38. The number of nitrogens with one attached hydrogen (secondary N) is 1. The standard InChI is InChI=1S/C17H24N6OS/c1-13(14-3-4-14)23-12-15(11-19-23)20-16(24)21-6-2-7-22(9-8-21)17-18-5-10-25-17/h5,10-14H,2-4,6-9H2,1H3,(H,20,24). The van der Waals surface area contributed by atoms with E-state index in [1.807, 2.05) is 27.4 Å². The molecule has 1 unspecified atom stereocenters. The van der Waals surface area contributed by atoms with Gasteiger partial charge in [0.25, 0.3) is 0 Å². The lowest BCUT2D eigenvalue weighted by Gasteiger charge is -2.21. The van der Waals surface area contributed by atoms with E-state index in [1.165, 1.54) is 12.8 Å². The number of rotatable bonds is 4. The van der Waals surface area contributed by atoms with Gasteiger partial charge < -0.3 is 15.1 Å². The molecule has 4 rings (SSSR count). The lowest BCUT2D eigenvalue weighted by molar-refractivity contribution is 0.215. The fourth-order valence-corrected chi connectivity index (χ4v) is 4.00. The number of hydrogen-bond donors (Lipinski definition) is 1. The van der Waals surface area contributed by atoms with E-state index in [0.717, 1.165) is 42.8 Å². The summed E-state index contributed by atoms with van der Waals surface area (Å²) < 4.78 is 1.97. The first-order valence-electron chi connectivity index (χ1n) is 8.95. The highest BCUT2D eigenvalue weighted by Crippen LogP contribution is 2.39. The van der Waals surface area contributed by atoms with Crippen molar-refractivity contribution < 1.29 is 4.79 Å². The maximum Gasteiger partial charge on any atom is 0.321 e. The van der Waals surface area contributed by atoms with Gasteiger partial charge in [-0.2, -0.15) is 5.10 Å². The molecule has 1 aliphatic heterocycles. The number of carbonyl (C=O) groups excluding carboxylic acids is 1. The monoisotopic (exact) mass is 360 g/mol. The summed E-state index contributed by atoms with van der Waals surface area (Å²) in [6.45, 7) is 5.42. The normalized spacial score (nSPS) is 19.6. The number of nitrogens with zero attached hydrogens (tertiary/aromatic N) is 5. The first-order chi connectivity index (χ1) is 12.2. The number of amides is 2. The molecular weight excluding hydrogens is 336 g/mol. The minimum Gasteiger partial charge on any atom is -0.346 e. The van der Waals surface area contributed by atoms with Crippen LogP contribution < -0.4 is 10.2 Å². The second kappa shape index (κ2) is 7.03. The lowest BCUT2D eigenvalue weighted by atomic mass is 10.2. The molecule has 8 heteroatoms. The van der Waals surface area contributed by atoms with Crippen molar-refractivity contribution in [1.29, 1.82) is 0 Å². The minimum absolute atomic E-state index is 0.0420. The fourth-order valence-electron chi connectivity index (χ4n) is 3.31. The molecule has 0 spiro atoms. The quantitative estimate of drug-likeness (QED) is 0.910. The topological polar surface area (TPSA) is 66.3 Å². The third kappa shape index (κ3) is 3.78. The summed E-state index contributed by atoms with van der Waals surface area (Å²) in [7, 11) is 0. The molecule has 3 heterocycles. The van der Waals surface area contributed by atoms with Gasteiger partial charge in [-0.25, -0.2) is 9.78 Å². The number of thiazole rings is 1. The Morgan fingerprint density at radius 2 is 2.20 bits per heavy atom. The van der Waals surface area contributed by atoms with Gasteiger partial charge in [0.05, 0.1) is 17.9 Å². The Labute approximate surface area is 151 Å². The van der Waals surface area contributed by atoms with Gasteiger partial charge in [-0.3, -0.25) is 4.68 Å². The second-order valence-electron chi connectivity index (χ2n) is 6.86. The summed E-state index contributed by atoms with van der Waals surface area (Å²) in [5.41, 5.74) is 0.776. The predicted molar refractivity (Wildman–Crippen MR) is 99.2 cm³/mol. The molecule has 134 valence electrons. The average molecular weight is 360 g/mol. The van der Waals surface area contributed by atoms with E-state index >= 15 is 0 Å². The van der Waals surface area contributed by atoms with E-state index < -0.39 is 0 Å². The van der Waals surface area contributed by atoms with E-state index in [4.69, 9.17) is 0 Å². The molecule has 1 aliphatic carbocycles. The highest BCUT2D eigenvalue weighted by molar-refractivity contribution is 7.13. The first-order valence-corrected chi connectivity index (χ1v) is 9.83. The Bertz CT molecular complexity index is 711.